The molecule has 0 spiro atoms. The van der Waals surface area contributed by atoms with Crippen LogP contribution in [0.25, 0.3) is 11.4 Å². The van der Waals surface area contributed by atoms with Gasteiger partial charge in [0.25, 0.3) is 0 Å². The molecule has 18 heavy (non-hydrogen) atoms. The van der Waals surface area contributed by atoms with Crippen LogP contribution in [0.5, 0.6) is 0 Å². The van der Waals surface area contributed by atoms with Gasteiger partial charge in [-0.1, -0.05) is 0 Å². The maximum atomic E-state index is 5.34. The molecule has 0 atom stereocenters. The van der Waals surface area contributed by atoms with Crippen LogP contribution in [0.2, 0.25) is 0 Å². The minimum absolute atomic E-state index is 0.649. The van der Waals surface area contributed by atoms with E-state index in [0.29, 0.717) is 4.77 Å². The van der Waals surface area contributed by atoms with Crippen molar-refractivity contribution in [3.63, 3.8) is 0 Å². The maximum Gasteiger partial charge on any atom is 0.214 e. The molecule has 0 bridgehead atoms. The Bertz CT molecular complexity index is 568. The summed E-state index contributed by atoms with van der Waals surface area (Å²) in [5, 5.41) is 9.47. The lowest BCUT2D eigenvalue weighted by Crippen LogP contribution is -2.39. The molecular weight excluding hydrogens is 246 g/mol. The first-order chi connectivity index (χ1) is 8.86. The molecular formula is C12H15N5S. The van der Waals surface area contributed by atoms with Crippen LogP contribution in [0.3, 0.4) is 0 Å². The van der Waals surface area contributed by atoms with Gasteiger partial charge in [-0.15, -0.1) is 0 Å². The summed E-state index contributed by atoms with van der Waals surface area (Å²) < 4.78 is 2.65. The SMILES string of the molecule is S=c1[nH]nc(-c2cccnc2)n1N1CCCCC1. The summed E-state index contributed by atoms with van der Waals surface area (Å²) in [5.41, 5.74) is 0.982. The fourth-order valence-electron chi connectivity index (χ4n) is 2.31. The zero-order chi connectivity index (χ0) is 12.4. The summed E-state index contributed by atoms with van der Waals surface area (Å²) in [6.45, 7) is 2.06. The molecule has 0 unspecified atom stereocenters. The van der Waals surface area contributed by atoms with E-state index in [1.807, 2.05) is 23.0 Å². The molecule has 5 nitrogen and oxygen atoms in total. The lowest BCUT2D eigenvalue weighted by molar-refractivity contribution is 0.477. The first kappa shape index (κ1) is 11.4. The molecule has 1 fully saturated rings. The highest BCUT2D eigenvalue weighted by atomic mass is 32.1. The number of hydrogen-bond donors (Lipinski definition) is 1. The number of nitrogens with one attached hydrogen (secondary N) is 1. The predicted molar refractivity (Wildman–Crippen MR) is 72.4 cm³/mol. The third kappa shape index (κ3) is 2.03. The van der Waals surface area contributed by atoms with Crippen molar-refractivity contribution in [1.82, 2.24) is 19.9 Å². The normalized spacial score (nSPS) is 15.9. The second-order valence-corrected chi connectivity index (χ2v) is 4.81. The van der Waals surface area contributed by atoms with E-state index in [1.54, 1.807) is 6.20 Å². The number of H-pyrrole nitrogens is 1. The average Bonchev–Trinajstić information content (AvgIpc) is 2.83. The van der Waals surface area contributed by atoms with E-state index in [1.165, 1.54) is 19.3 Å². The smallest absolute Gasteiger partial charge is 0.214 e. The highest BCUT2D eigenvalue weighted by Crippen LogP contribution is 2.18. The van der Waals surface area contributed by atoms with Gasteiger partial charge in [0.15, 0.2) is 5.82 Å². The van der Waals surface area contributed by atoms with Crippen LogP contribution in [0.1, 0.15) is 19.3 Å². The Balaban J connectivity index is 2.03. The van der Waals surface area contributed by atoms with Gasteiger partial charge < -0.3 is 5.01 Å². The Morgan fingerprint density at radius 1 is 1.22 bits per heavy atom. The topological polar surface area (TPSA) is 49.7 Å². The zero-order valence-corrected chi connectivity index (χ0v) is 10.9. The van der Waals surface area contributed by atoms with E-state index in [4.69, 9.17) is 12.2 Å². The number of rotatable bonds is 2. The van der Waals surface area contributed by atoms with Crippen LogP contribution >= 0.6 is 12.2 Å². The van der Waals surface area contributed by atoms with E-state index >= 15 is 0 Å². The molecule has 0 amide bonds. The highest BCUT2D eigenvalue weighted by molar-refractivity contribution is 7.71. The lowest BCUT2D eigenvalue weighted by atomic mass is 10.2. The Labute approximate surface area is 110 Å². The van der Waals surface area contributed by atoms with Crippen LogP contribution in [-0.2, 0) is 0 Å². The number of hydrogen-bond acceptors (Lipinski definition) is 4. The minimum Gasteiger partial charge on any atom is -0.309 e. The van der Waals surface area contributed by atoms with E-state index in [0.717, 1.165) is 24.5 Å². The first-order valence-corrected chi connectivity index (χ1v) is 6.60. The van der Waals surface area contributed by atoms with E-state index in [9.17, 15) is 0 Å². The van der Waals surface area contributed by atoms with Gasteiger partial charge in [-0.05, 0) is 43.6 Å². The average molecular weight is 261 g/mol. The van der Waals surface area contributed by atoms with Gasteiger partial charge in [0.2, 0.25) is 4.77 Å². The predicted octanol–water partition coefficient (Wildman–Crippen LogP) is 2.12. The number of aromatic nitrogens is 4. The second kappa shape index (κ2) is 4.89. The number of nitrogens with zero attached hydrogens (tertiary/aromatic N) is 4. The van der Waals surface area contributed by atoms with Gasteiger partial charge in [0, 0.05) is 31.0 Å². The quantitative estimate of drug-likeness (QED) is 0.841. The maximum absolute atomic E-state index is 5.34. The Morgan fingerprint density at radius 3 is 2.78 bits per heavy atom. The monoisotopic (exact) mass is 261 g/mol. The molecule has 0 saturated carbocycles. The third-order valence-corrected chi connectivity index (χ3v) is 3.45. The van der Waals surface area contributed by atoms with Gasteiger partial charge in [0.1, 0.15) is 0 Å². The van der Waals surface area contributed by atoms with Crippen molar-refractivity contribution in [2.24, 2.45) is 0 Å². The molecule has 0 aromatic carbocycles. The van der Waals surface area contributed by atoms with Crippen molar-refractivity contribution in [2.75, 3.05) is 18.1 Å². The Kier molecular flexibility index (Phi) is 3.10. The van der Waals surface area contributed by atoms with Gasteiger partial charge >= 0.3 is 0 Å². The minimum atomic E-state index is 0.649. The molecule has 3 heterocycles. The summed E-state index contributed by atoms with van der Waals surface area (Å²) in [7, 11) is 0. The van der Waals surface area contributed by atoms with Crippen LogP contribution in [0.4, 0.5) is 0 Å². The molecule has 1 saturated heterocycles. The van der Waals surface area contributed by atoms with Crippen LogP contribution < -0.4 is 5.01 Å². The van der Waals surface area contributed by atoms with E-state index < -0.39 is 0 Å². The lowest BCUT2D eigenvalue weighted by Gasteiger charge is -2.29. The third-order valence-electron chi connectivity index (χ3n) is 3.19. The highest BCUT2D eigenvalue weighted by Gasteiger charge is 2.17. The molecule has 2 aromatic heterocycles. The zero-order valence-electron chi connectivity index (χ0n) is 10.0. The molecule has 94 valence electrons. The second-order valence-electron chi connectivity index (χ2n) is 4.42. The summed E-state index contributed by atoms with van der Waals surface area (Å²) in [4.78, 5) is 4.14. The van der Waals surface area contributed by atoms with Crippen LogP contribution in [0.15, 0.2) is 24.5 Å². The molecule has 1 N–H and O–H groups in total. The molecule has 3 rings (SSSR count). The van der Waals surface area contributed by atoms with Gasteiger partial charge in [-0.2, -0.15) is 5.10 Å². The largest absolute Gasteiger partial charge is 0.309 e. The van der Waals surface area contributed by atoms with Crippen LogP contribution in [-0.4, -0.2) is 32.9 Å². The van der Waals surface area contributed by atoms with Crippen molar-refractivity contribution in [2.45, 2.75) is 19.3 Å². The fourth-order valence-corrected chi connectivity index (χ4v) is 2.56. The number of pyridine rings is 1. The number of piperidine rings is 1. The van der Waals surface area contributed by atoms with E-state index in [-0.39, 0.29) is 0 Å². The van der Waals surface area contributed by atoms with Crippen LogP contribution in [0, 0.1) is 4.77 Å². The Morgan fingerprint density at radius 2 is 2.06 bits per heavy atom. The van der Waals surface area contributed by atoms with E-state index in [2.05, 4.69) is 20.2 Å². The molecule has 0 aliphatic carbocycles. The molecule has 1 aliphatic heterocycles. The molecule has 2 aromatic rings. The summed E-state index contributed by atoms with van der Waals surface area (Å²) in [6, 6.07) is 3.91. The van der Waals surface area contributed by atoms with Gasteiger partial charge in [-0.3, -0.25) is 4.98 Å². The van der Waals surface area contributed by atoms with Crippen molar-refractivity contribution in [3.05, 3.63) is 29.3 Å². The standard InChI is InChI=1S/C12H15N5S/c18-12-15-14-11(10-5-4-6-13-9-10)17(12)16-7-2-1-3-8-16/h4-6,9H,1-3,7-8H2,(H,15,18). The van der Waals surface area contributed by atoms with Gasteiger partial charge in [-0.25, -0.2) is 9.77 Å². The molecule has 1 aliphatic rings. The Hall–Kier alpha value is -1.69. The molecule has 6 heteroatoms. The van der Waals surface area contributed by atoms with Crippen molar-refractivity contribution in [1.29, 1.82) is 0 Å². The number of aromatic amines is 1. The van der Waals surface area contributed by atoms with Crippen molar-refractivity contribution >= 4 is 12.2 Å². The molecule has 0 radical (unpaired) electrons. The van der Waals surface area contributed by atoms with Crippen molar-refractivity contribution in [3.8, 4) is 11.4 Å². The summed E-state index contributed by atoms with van der Waals surface area (Å²) in [5.74, 6) is 0.843. The fraction of sp³-hybridized carbons (Fsp3) is 0.417. The first-order valence-electron chi connectivity index (χ1n) is 6.19. The summed E-state index contributed by atoms with van der Waals surface area (Å²) >= 11 is 5.34. The van der Waals surface area contributed by atoms with Gasteiger partial charge in [0.05, 0.1) is 0 Å². The van der Waals surface area contributed by atoms with Crippen molar-refractivity contribution < 1.29 is 0 Å². The summed E-state index contributed by atoms with van der Waals surface area (Å²) in [6.07, 6.45) is 7.28.